The Morgan fingerprint density at radius 1 is 1.04 bits per heavy atom. The average Bonchev–Trinajstić information content (AvgIpc) is 2.52. The molecule has 0 aliphatic carbocycles. The first-order valence-electron chi connectivity index (χ1n) is 6.65. The maximum Gasteiger partial charge on any atom is 0.339 e. The molecule has 0 saturated carbocycles. The summed E-state index contributed by atoms with van der Waals surface area (Å²) in [7, 11) is -3.90. The molecular weight excluding hydrogens is 466 g/mol. The molecule has 2 rings (SSSR count). The highest BCUT2D eigenvalue weighted by molar-refractivity contribution is 9.10. The lowest BCUT2D eigenvalue weighted by atomic mass is 10.2. The van der Waals surface area contributed by atoms with E-state index in [9.17, 15) is 13.2 Å². The summed E-state index contributed by atoms with van der Waals surface area (Å²) in [6.45, 7) is 0.181. The van der Waals surface area contributed by atoms with Gasteiger partial charge in [0.15, 0.2) is 0 Å². The number of hydrogen-bond donors (Lipinski definition) is 1. The van der Waals surface area contributed by atoms with E-state index in [2.05, 4.69) is 31.9 Å². The van der Waals surface area contributed by atoms with E-state index in [0.717, 1.165) is 10.5 Å². The molecule has 0 bridgehead atoms. The second-order valence-corrected chi connectivity index (χ2v) is 7.96. The molecule has 0 unspecified atom stereocenters. The lowest BCUT2D eigenvalue weighted by molar-refractivity contribution is 0.0449. The van der Waals surface area contributed by atoms with Crippen molar-refractivity contribution in [3.8, 4) is 5.75 Å². The lowest BCUT2D eigenvalue weighted by Gasteiger charge is -2.09. The summed E-state index contributed by atoms with van der Waals surface area (Å²) >= 11 is 6.50. The average molecular weight is 479 g/mol. The molecule has 0 fully saturated rings. The quantitative estimate of drug-likeness (QED) is 0.508. The predicted molar refractivity (Wildman–Crippen MR) is 95.4 cm³/mol. The zero-order valence-electron chi connectivity index (χ0n) is 12.2. The summed E-state index contributed by atoms with van der Waals surface area (Å²) < 4.78 is 34.5. The highest BCUT2D eigenvalue weighted by Crippen LogP contribution is 2.21. The van der Waals surface area contributed by atoms with E-state index in [0.29, 0.717) is 10.2 Å². The minimum absolute atomic E-state index is 0.0148. The van der Waals surface area contributed by atoms with Crippen molar-refractivity contribution in [1.82, 2.24) is 0 Å². The Hall–Kier alpha value is -1.42. The number of primary sulfonamides is 1. The summed E-state index contributed by atoms with van der Waals surface area (Å²) in [6.07, 6.45) is 0. The van der Waals surface area contributed by atoms with Crippen LogP contribution in [0.2, 0.25) is 0 Å². The van der Waals surface area contributed by atoms with Gasteiger partial charge in [-0.2, -0.15) is 0 Å². The molecule has 128 valence electrons. The number of ether oxygens (including phenoxy) is 2. The summed E-state index contributed by atoms with van der Waals surface area (Å²) in [5.41, 5.74) is 0.0742. The lowest BCUT2D eigenvalue weighted by Crippen LogP contribution is -2.15. The van der Waals surface area contributed by atoms with Gasteiger partial charge in [0.2, 0.25) is 10.0 Å². The first-order chi connectivity index (χ1) is 11.3. The molecule has 2 aromatic rings. The van der Waals surface area contributed by atoms with Gasteiger partial charge in [-0.1, -0.05) is 15.9 Å². The van der Waals surface area contributed by atoms with Crippen molar-refractivity contribution in [3.05, 3.63) is 57.0 Å². The van der Waals surface area contributed by atoms with Crippen LogP contribution in [0.1, 0.15) is 10.4 Å². The molecule has 0 radical (unpaired) electrons. The van der Waals surface area contributed by atoms with Gasteiger partial charge < -0.3 is 9.47 Å². The highest BCUT2D eigenvalue weighted by atomic mass is 79.9. The number of sulfonamides is 1. The van der Waals surface area contributed by atoms with Gasteiger partial charge in [-0.3, -0.25) is 0 Å². The first kappa shape index (κ1) is 18.9. The molecular formula is C15H13Br2NO5S. The molecule has 9 heteroatoms. The Balaban J connectivity index is 1.94. The van der Waals surface area contributed by atoms with Gasteiger partial charge in [0.1, 0.15) is 19.0 Å². The maximum absolute atomic E-state index is 12.1. The van der Waals surface area contributed by atoms with E-state index in [1.807, 2.05) is 12.1 Å². The third-order valence-corrected chi connectivity index (χ3v) is 5.02. The molecule has 0 spiro atoms. The number of esters is 1. The van der Waals surface area contributed by atoms with E-state index < -0.39 is 16.0 Å². The van der Waals surface area contributed by atoms with E-state index in [1.165, 1.54) is 12.1 Å². The van der Waals surface area contributed by atoms with Crippen LogP contribution in [0.3, 0.4) is 0 Å². The van der Waals surface area contributed by atoms with Gasteiger partial charge >= 0.3 is 5.97 Å². The predicted octanol–water partition coefficient (Wildman–Crippen LogP) is 3.09. The number of hydrogen-bond acceptors (Lipinski definition) is 5. The van der Waals surface area contributed by atoms with Crippen molar-refractivity contribution >= 4 is 47.9 Å². The van der Waals surface area contributed by atoms with Crippen LogP contribution in [-0.2, 0) is 14.8 Å². The normalized spacial score (nSPS) is 11.1. The van der Waals surface area contributed by atoms with Crippen LogP contribution < -0.4 is 9.88 Å². The number of halogens is 2. The maximum atomic E-state index is 12.1. The smallest absolute Gasteiger partial charge is 0.339 e. The van der Waals surface area contributed by atoms with Crippen molar-refractivity contribution in [3.63, 3.8) is 0 Å². The molecule has 0 aromatic heterocycles. The van der Waals surface area contributed by atoms with Gasteiger partial charge in [0.25, 0.3) is 0 Å². The van der Waals surface area contributed by atoms with Crippen LogP contribution in [0, 0.1) is 0 Å². The van der Waals surface area contributed by atoms with Gasteiger partial charge in [0, 0.05) is 8.95 Å². The molecule has 6 nitrogen and oxygen atoms in total. The summed E-state index contributed by atoms with van der Waals surface area (Å²) in [4.78, 5) is 11.9. The third-order valence-electron chi connectivity index (χ3n) is 2.89. The molecule has 2 aromatic carbocycles. The molecule has 0 atom stereocenters. The van der Waals surface area contributed by atoms with Gasteiger partial charge in [-0.15, -0.1) is 0 Å². The van der Waals surface area contributed by atoms with Crippen molar-refractivity contribution < 1.29 is 22.7 Å². The van der Waals surface area contributed by atoms with Crippen molar-refractivity contribution in [2.75, 3.05) is 13.2 Å². The molecule has 2 N–H and O–H groups in total. The van der Waals surface area contributed by atoms with Gasteiger partial charge in [0.05, 0.1) is 10.5 Å². The van der Waals surface area contributed by atoms with Gasteiger partial charge in [-0.05, 0) is 58.4 Å². The molecule has 24 heavy (non-hydrogen) atoms. The number of carbonyl (C=O) groups is 1. The second-order valence-electron chi connectivity index (χ2n) is 4.62. The minimum atomic E-state index is -3.90. The third kappa shape index (κ3) is 5.30. The zero-order chi connectivity index (χ0) is 17.7. The zero-order valence-corrected chi connectivity index (χ0v) is 16.2. The Kier molecular flexibility index (Phi) is 6.39. The molecule has 0 aliphatic rings. The van der Waals surface area contributed by atoms with E-state index in [1.54, 1.807) is 12.1 Å². The Morgan fingerprint density at radius 3 is 2.33 bits per heavy atom. The Bertz CT molecular complexity index is 837. The topological polar surface area (TPSA) is 95.7 Å². The van der Waals surface area contributed by atoms with Crippen LogP contribution in [0.15, 0.2) is 56.3 Å². The van der Waals surface area contributed by atoms with Crippen molar-refractivity contribution in [2.45, 2.75) is 4.90 Å². The van der Waals surface area contributed by atoms with E-state index >= 15 is 0 Å². The fourth-order valence-electron chi connectivity index (χ4n) is 1.74. The van der Waals surface area contributed by atoms with Crippen LogP contribution in [0.4, 0.5) is 0 Å². The van der Waals surface area contributed by atoms with E-state index in [4.69, 9.17) is 14.6 Å². The van der Waals surface area contributed by atoms with Crippen LogP contribution in [0.5, 0.6) is 5.75 Å². The monoisotopic (exact) mass is 477 g/mol. The van der Waals surface area contributed by atoms with Gasteiger partial charge in [-0.25, -0.2) is 18.4 Å². The fourth-order valence-corrected chi connectivity index (χ4v) is 2.95. The number of carbonyl (C=O) groups excluding carboxylic acids is 1. The van der Waals surface area contributed by atoms with Crippen molar-refractivity contribution in [2.24, 2.45) is 5.14 Å². The van der Waals surface area contributed by atoms with Crippen molar-refractivity contribution in [1.29, 1.82) is 0 Å². The summed E-state index contributed by atoms with van der Waals surface area (Å²) in [5.74, 6) is -0.0292. The van der Waals surface area contributed by atoms with Crippen LogP contribution in [0.25, 0.3) is 0 Å². The number of nitrogens with two attached hydrogens (primary N) is 1. The molecule has 0 saturated heterocycles. The fraction of sp³-hybridized carbons (Fsp3) is 0.133. The first-order valence-corrected chi connectivity index (χ1v) is 9.78. The van der Waals surface area contributed by atoms with Crippen LogP contribution >= 0.6 is 31.9 Å². The SMILES string of the molecule is NS(=O)(=O)c1ccc(Br)c(C(=O)OCCOc2ccc(Br)cc2)c1. The largest absolute Gasteiger partial charge is 0.490 e. The Morgan fingerprint density at radius 2 is 1.71 bits per heavy atom. The Labute approximate surface area is 156 Å². The number of benzene rings is 2. The highest BCUT2D eigenvalue weighted by Gasteiger charge is 2.16. The van der Waals surface area contributed by atoms with Crippen LogP contribution in [-0.4, -0.2) is 27.6 Å². The summed E-state index contributed by atoms with van der Waals surface area (Å²) in [5, 5.41) is 5.05. The number of rotatable bonds is 6. The minimum Gasteiger partial charge on any atom is -0.490 e. The second kappa shape index (κ2) is 8.11. The molecule has 0 heterocycles. The summed E-state index contributed by atoms with van der Waals surface area (Å²) in [6, 6.07) is 11.1. The van der Waals surface area contributed by atoms with E-state index in [-0.39, 0.29) is 23.7 Å². The standard InChI is InChI=1S/C15H13Br2NO5S/c16-10-1-3-11(4-2-10)22-7-8-23-15(19)13-9-12(24(18,20)21)5-6-14(13)17/h1-6,9H,7-8H2,(H2,18,20,21). The molecule has 0 amide bonds. The molecule has 0 aliphatic heterocycles.